The predicted molar refractivity (Wildman–Crippen MR) is 80.6 cm³/mol. The molecule has 0 radical (unpaired) electrons. The van der Waals surface area contributed by atoms with Crippen molar-refractivity contribution in [1.82, 2.24) is 10.2 Å². The van der Waals surface area contributed by atoms with E-state index in [1.165, 1.54) is 0 Å². The highest BCUT2D eigenvalue weighted by Crippen LogP contribution is 2.48. The van der Waals surface area contributed by atoms with Crippen LogP contribution in [0.4, 0.5) is 0 Å². The standard InChI is InChI=1S/C16H22N2O6/c1-7(2)13(16(22)23)17-10(19)5-6-18-14(20)11-8-3-4-9(24-8)12(11)15(18)21/h7-9,11-13H,3-6H2,1-2H3,(H,17,19)(H,22,23)/t8?,9?,11?,12?,13-/m0/s1. The molecule has 3 rings (SSSR count). The number of carboxylic acids is 1. The molecule has 8 nitrogen and oxygen atoms in total. The minimum Gasteiger partial charge on any atom is -0.480 e. The maximum absolute atomic E-state index is 12.4. The summed E-state index contributed by atoms with van der Waals surface area (Å²) < 4.78 is 5.65. The number of hydrogen-bond acceptors (Lipinski definition) is 5. The normalized spacial score (nSPS) is 32.4. The van der Waals surface area contributed by atoms with Crippen LogP contribution in [0.3, 0.4) is 0 Å². The van der Waals surface area contributed by atoms with Gasteiger partial charge in [0, 0.05) is 13.0 Å². The Kier molecular flexibility index (Phi) is 4.33. The van der Waals surface area contributed by atoms with Crippen LogP contribution in [0.25, 0.3) is 0 Å². The second-order valence-corrected chi connectivity index (χ2v) is 7.05. The number of nitrogens with one attached hydrogen (secondary N) is 1. The van der Waals surface area contributed by atoms with Gasteiger partial charge in [-0.3, -0.25) is 19.3 Å². The maximum Gasteiger partial charge on any atom is 0.326 e. The molecule has 0 aromatic heterocycles. The molecule has 2 bridgehead atoms. The lowest BCUT2D eigenvalue weighted by atomic mass is 9.81. The van der Waals surface area contributed by atoms with E-state index in [1.807, 2.05) is 0 Å². The number of fused-ring (bicyclic) bond motifs is 5. The number of rotatable bonds is 6. The fourth-order valence-electron chi connectivity index (χ4n) is 3.97. The summed E-state index contributed by atoms with van der Waals surface area (Å²) >= 11 is 0. The molecule has 3 aliphatic heterocycles. The molecule has 8 heteroatoms. The highest BCUT2D eigenvalue weighted by Gasteiger charge is 2.62. The van der Waals surface area contributed by atoms with Crippen molar-refractivity contribution in [3.8, 4) is 0 Å². The molecule has 3 amide bonds. The van der Waals surface area contributed by atoms with Crippen molar-refractivity contribution in [3.05, 3.63) is 0 Å². The zero-order chi connectivity index (χ0) is 17.6. The van der Waals surface area contributed by atoms with Gasteiger partial charge in [-0.05, 0) is 18.8 Å². The van der Waals surface area contributed by atoms with E-state index >= 15 is 0 Å². The fourth-order valence-corrected chi connectivity index (χ4v) is 3.97. The third-order valence-electron chi connectivity index (χ3n) is 5.19. The second kappa shape index (κ2) is 6.16. The van der Waals surface area contributed by atoms with E-state index in [4.69, 9.17) is 9.84 Å². The Balaban J connectivity index is 1.57. The molecule has 4 unspecified atom stereocenters. The average molecular weight is 338 g/mol. The number of aliphatic carboxylic acids is 1. The minimum absolute atomic E-state index is 0.0135. The average Bonchev–Trinajstić information content (AvgIpc) is 3.17. The molecule has 0 saturated carbocycles. The van der Waals surface area contributed by atoms with Gasteiger partial charge in [0.15, 0.2) is 0 Å². The van der Waals surface area contributed by atoms with E-state index in [1.54, 1.807) is 13.8 Å². The largest absolute Gasteiger partial charge is 0.480 e. The zero-order valence-corrected chi connectivity index (χ0v) is 13.7. The molecule has 0 spiro atoms. The first kappa shape index (κ1) is 16.9. The number of carbonyl (C=O) groups excluding carboxylic acids is 3. The van der Waals surface area contributed by atoms with Crippen molar-refractivity contribution in [3.63, 3.8) is 0 Å². The van der Waals surface area contributed by atoms with E-state index < -0.39 is 29.8 Å². The van der Waals surface area contributed by atoms with Crippen LogP contribution in [-0.2, 0) is 23.9 Å². The van der Waals surface area contributed by atoms with Crippen molar-refractivity contribution < 1.29 is 29.0 Å². The van der Waals surface area contributed by atoms with Gasteiger partial charge in [-0.1, -0.05) is 13.8 Å². The third kappa shape index (κ3) is 2.68. The summed E-state index contributed by atoms with van der Waals surface area (Å²) in [6.45, 7) is 3.38. The van der Waals surface area contributed by atoms with Crippen LogP contribution in [0.5, 0.6) is 0 Å². The summed E-state index contributed by atoms with van der Waals surface area (Å²) in [4.78, 5) is 49.1. The SMILES string of the molecule is CC(C)[C@H](NC(=O)CCN1C(=O)C2C3CCC(O3)C2C1=O)C(=O)O. The van der Waals surface area contributed by atoms with Gasteiger partial charge in [0.05, 0.1) is 24.0 Å². The van der Waals surface area contributed by atoms with Crippen LogP contribution in [0.2, 0.25) is 0 Å². The molecule has 3 fully saturated rings. The molecular weight excluding hydrogens is 316 g/mol. The zero-order valence-electron chi connectivity index (χ0n) is 13.7. The highest BCUT2D eigenvalue weighted by molar-refractivity contribution is 6.06. The van der Waals surface area contributed by atoms with Gasteiger partial charge in [0.2, 0.25) is 17.7 Å². The molecule has 5 atom stereocenters. The summed E-state index contributed by atoms with van der Waals surface area (Å²) in [6, 6.07) is -0.980. The van der Waals surface area contributed by atoms with Gasteiger partial charge < -0.3 is 15.2 Å². The number of nitrogens with zero attached hydrogens (tertiary/aromatic N) is 1. The number of carboxylic acid groups (broad SMARTS) is 1. The summed E-state index contributed by atoms with van der Waals surface area (Å²) in [7, 11) is 0. The van der Waals surface area contributed by atoms with Crippen LogP contribution in [0, 0.1) is 17.8 Å². The maximum atomic E-state index is 12.4. The van der Waals surface area contributed by atoms with Gasteiger partial charge >= 0.3 is 5.97 Å². The Morgan fingerprint density at radius 2 is 1.75 bits per heavy atom. The Hall–Kier alpha value is -1.96. The molecule has 24 heavy (non-hydrogen) atoms. The number of imide groups is 1. The first-order valence-electron chi connectivity index (χ1n) is 8.34. The molecule has 3 saturated heterocycles. The predicted octanol–water partition coefficient (Wildman–Crippen LogP) is -0.236. The van der Waals surface area contributed by atoms with Crippen LogP contribution < -0.4 is 5.32 Å². The molecular formula is C16H22N2O6. The Labute approximate surface area is 139 Å². The van der Waals surface area contributed by atoms with Gasteiger partial charge in [0.25, 0.3) is 0 Å². The summed E-state index contributed by atoms with van der Waals surface area (Å²) in [6.07, 6.45) is 1.16. The van der Waals surface area contributed by atoms with E-state index in [2.05, 4.69) is 5.32 Å². The van der Waals surface area contributed by atoms with Gasteiger partial charge in [-0.15, -0.1) is 0 Å². The van der Waals surface area contributed by atoms with Crippen molar-refractivity contribution in [2.75, 3.05) is 6.54 Å². The number of hydrogen-bond donors (Lipinski definition) is 2. The molecule has 3 aliphatic rings. The minimum atomic E-state index is -1.10. The first-order chi connectivity index (χ1) is 11.3. The lowest BCUT2D eigenvalue weighted by Crippen LogP contribution is -2.45. The van der Waals surface area contributed by atoms with Gasteiger partial charge in [-0.25, -0.2) is 4.79 Å². The van der Waals surface area contributed by atoms with Crippen LogP contribution in [0.1, 0.15) is 33.1 Å². The summed E-state index contributed by atoms with van der Waals surface area (Å²) in [5.41, 5.74) is 0. The summed E-state index contributed by atoms with van der Waals surface area (Å²) in [5, 5.41) is 11.5. The van der Waals surface area contributed by atoms with Crippen molar-refractivity contribution in [2.24, 2.45) is 17.8 Å². The van der Waals surface area contributed by atoms with E-state index in [0.29, 0.717) is 0 Å². The topological polar surface area (TPSA) is 113 Å². The van der Waals surface area contributed by atoms with Crippen molar-refractivity contribution in [2.45, 2.75) is 51.4 Å². The smallest absolute Gasteiger partial charge is 0.326 e. The molecule has 3 heterocycles. The number of likely N-dealkylation sites (tertiary alicyclic amines) is 1. The quantitative estimate of drug-likeness (QED) is 0.647. The molecule has 0 aliphatic carbocycles. The molecule has 0 aromatic carbocycles. The molecule has 132 valence electrons. The number of amides is 3. The lowest BCUT2D eigenvalue weighted by Gasteiger charge is -2.20. The lowest BCUT2D eigenvalue weighted by molar-refractivity contribution is -0.145. The number of carbonyl (C=O) groups is 4. The van der Waals surface area contributed by atoms with Gasteiger partial charge in [-0.2, -0.15) is 0 Å². The molecule has 2 N–H and O–H groups in total. The van der Waals surface area contributed by atoms with E-state index in [9.17, 15) is 19.2 Å². The highest BCUT2D eigenvalue weighted by atomic mass is 16.5. The fraction of sp³-hybridized carbons (Fsp3) is 0.750. The van der Waals surface area contributed by atoms with Crippen LogP contribution >= 0.6 is 0 Å². The summed E-state index contributed by atoms with van der Waals surface area (Å²) in [5.74, 6) is -3.16. The second-order valence-electron chi connectivity index (χ2n) is 7.05. The third-order valence-corrected chi connectivity index (χ3v) is 5.19. The molecule has 0 aromatic rings. The van der Waals surface area contributed by atoms with Gasteiger partial charge in [0.1, 0.15) is 6.04 Å². The van der Waals surface area contributed by atoms with E-state index in [0.717, 1.165) is 17.7 Å². The van der Waals surface area contributed by atoms with Crippen LogP contribution in [0.15, 0.2) is 0 Å². The van der Waals surface area contributed by atoms with E-state index in [-0.39, 0.29) is 42.9 Å². The monoisotopic (exact) mass is 338 g/mol. The Bertz CT molecular complexity index is 561. The Morgan fingerprint density at radius 1 is 1.21 bits per heavy atom. The van der Waals surface area contributed by atoms with Crippen molar-refractivity contribution >= 4 is 23.7 Å². The van der Waals surface area contributed by atoms with Crippen molar-refractivity contribution in [1.29, 1.82) is 0 Å². The number of ether oxygens (including phenoxy) is 1. The van der Waals surface area contributed by atoms with Crippen LogP contribution in [-0.4, -0.2) is 58.5 Å². The first-order valence-corrected chi connectivity index (χ1v) is 8.34. The Morgan fingerprint density at radius 3 is 2.21 bits per heavy atom.